The molecule has 8 rings (SSSR count). The molecule has 0 spiro atoms. The van der Waals surface area contributed by atoms with Gasteiger partial charge in [0.1, 0.15) is 36.1 Å². The number of imidazole rings is 2. The summed E-state index contributed by atoms with van der Waals surface area (Å²) in [7, 11) is 1.27. The molecule has 5 aromatic carbocycles. The van der Waals surface area contributed by atoms with Gasteiger partial charge in [0.25, 0.3) is 0 Å². The highest BCUT2D eigenvalue weighted by atomic mass is 16.5. The number of nitrogens with zero attached hydrogens (tertiary/aromatic N) is 4. The van der Waals surface area contributed by atoms with Crippen molar-refractivity contribution in [1.82, 2.24) is 40.4 Å². The van der Waals surface area contributed by atoms with Gasteiger partial charge in [-0.05, 0) is 64.2 Å². The molecule has 1 aliphatic heterocycles. The molecular formula is C50H50N8O6. The average molecular weight is 859 g/mol. The van der Waals surface area contributed by atoms with Gasteiger partial charge >= 0.3 is 6.09 Å². The van der Waals surface area contributed by atoms with Gasteiger partial charge in [0.15, 0.2) is 0 Å². The molecule has 2 aromatic heterocycles. The van der Waals surface area contributed by atoms with Crippen molar-refractivity contribution in [3.8, 4) is 39.4 Å². The normalized spacial score (nSPS) is 12.5. The minimum absolute atomic E-state index is 0.202. The number of aromatic nitrogens is 4. The highest BCUT2D eigenvalue weighted by molar-refractivity contribution is 5.98. The van der Waals surface area contributed by atoms with Gasteiger partial charge in [0.2, 0.25) is 18.2 Å². The summed E-state index contributed by atoms with van der Waals surface area (Å²) in [4.78, 5) is 70.8. The van der Waals surface area contributed by atoms with E-state index in [2.05, 4.69) is 73.0 Å². The fraction of sp³-hybridized carbons (Fsp3) is 0.240. The van der Waals surface area contributed by atoms with Crippen LogP contribution in [0.3, 0.4) is 0 Å². The quantitative estimate of drug-likeness (QED) is 0.0663. The lowest BCUT2D eigenvalue weighted by Crippen LogP contribution is -2.43. The lowest BCUT2D eigenvalue weighted by molar-refractivity contribution is -0.135. The SMILES string of the molecule is CCCN(Cc1ncc(-c2ccc3c4c(ccc3c2)-c2ccc(-c3cnc(CN(CCC)C(=O)C(NC(=O)OC)c5ccccc5)[nH]3)cc2CO4)[nH]1)C(=O)C(NC=O)c1ccccc1. The fourth-order valence-electron chi connectivity index (χ4n) is 8.24. The van der Waals surface area contributed by atoms with E-state index in [-0.39, 0.29) is 24.9 Å². The second-order valence-corrected chi connectivity index (χ2v) is 15.7. The molecule has 0 fully saturated rings. The van der Waals surface area contributed by atoms with Crippen LogP contribution in [0.5, 0.6) is 5.75 Å². The summed E-state index contributed by atoms with van der Waals surface area (Å²) in [6, 6.07) is 33.3. The maximum atomic E-state index is 13.9. The second-order valence-electron chi connectivity index (χ2n) is 15.7. The van der Waals surface area contributed by atoms with Crippen LogP contribution >= 0.6 is 0 Å². The largest absolute Gasteiger partial charge is 0.488 e. The number of alkyl carbamates (subject to hydrolysis) is 1. The van der Waals surface area contributed by atoms with Crippen LogP contribution in [0.2, 0.25) is 0 Å². The van der Waals surface area contributed by atoms with Gasteiger partial charge in [0, 0.05) is 29.6 Å². The number of hydrogen-bond donors (Lipinski definition) is 4. The van der Waals surface area contributed by atoms with Crippen molar-refractivity contribution in [1.29, 1.82) is 0 Å². The maximum Gasteiger partial charge on any atom is 0.407 e. The number of ether oxygens (including phenoxy) is 2. The summed E-state index contributed by atoms with van der Waals surface area (Å²) in [6.07, 6.45) is 4.89. The summed E-state index contributed by atoms with van der Waals surface area (Å²) in [5, 5.41) is 7.39. The Morgan fingerprint density at radius 2 is 1.30 bits per heavy atom. The smallest absolute Gasteiger partial charge is 0.407 e. The van der Waals surface area contributed by atoms with E-state index in [9.17, 15) is 19.2 Å². The Morgan fingerprint density at radius 3 is 1.89 bits per heavy atom. The van der Waals surface area contributed by atoms with E-state index in [1.165, 1.54) is 7.11 Å². The summed E-state index contributed by atoms with van der Waals surface area (Å²) >= 11 is 0. The van der Waals surface area contributed by atoms with Crippen molar-refractivity contribution in [2.24, 2.45) is 0 Å². The van der Waals surface area contributed by atoms with Crippen LogP contribution in [-0.2, 0) is 38.8 Å². The Balaban J connectivity index is 0.972. The maximum absolute atomic E-state index is 13.9. The standard InChI is InChI=1S/C50H50N8O6/c1-4-22-57(48(60)45(53-31-59)32-12-8-6-9-13-32)28-43-51-26-41(54-43)35-18-20-39-34(24-35)16-21-40-38-19-17-36(25-37(38)30-64-47(39)40)42-27-52-44(55-42)29-58(23-5-2)49(61)46(56-50(62)63-3)33-14-10-7-11-15-33/h6-21,24-27,31,45-46H,4-5,22-23,28-30H2,1-3H3,(H,51,54)(H,52,55)(H,53,59)(H,56,62). The number of methoxy groups -OCH3 is 1. The molecule has 0 bridgehead atoms. The number of aromatic amines is 2. The highest BCUT2D eigenvalue weighted by Gasteiger charge is 2.29. The zero-order valence-electron chi connectivity index (χ0n) is 36.0. The molecule has 7 aromatic rings. The molecule has 0 aliphatic carbocycles. The topological polar surface area (TPSA) is 175 Å². The number of hydrogen-bond acceptors (Lipinski definition) is 8. The molecule has 64 heavy (non-hydrogen) atoms. The van der Waals surface area contributed by atoms with Crippen molar-refractivity contribution in [2.75, 3.05) is 20.2 Å². The number of carbonyl (C=O) groups is 4. The monoisotopic (exact) mass is 858 g/mol. The Labute approximate surface area is 371 Å². The molecule has 2 atom stereocenters. The Kier molecular flexibility index (Phi) is 13.1. The molecule has 1 aliphatic rings. The van der Waals surface area contributed by atoms with Crippen LogP contribution in [0.4, 0.5) is 4.79 Å². The molecule has 14 heteroatoms. The number of amides is 4. The van der Waals surface area contributed by atoms with Gasteiger partial charge in [0.05, 0.1) is 44.0 Å². The van der Waals surface area contributed by atoms with Gasteiger partial charge in [-0.25, -0.2) is 14.8 Å². The predicted molar refractivity (Wildman–Crippen MR) is 243 cm³/mol. The highest BCUT2D eigenvalue weighted by Crippen LogP contribution is 2.44. The molecule has 326 valence electrons. The first-order chi connectivity index (χ1) is 31.3. The summed E-state index contributed by atoms with van der Waals surface area (Å²) in [6.45, 7) is 5.86. The van der Waals surface area contributed by atoms with Gasteiger partial charge < -0.3 is 39.9 Å². The number of nitrogens with one attached hydrogen (secondary N) is 4. The van der Waals surface area contributed by atoms with Crippen LogP contribution in [-0.4, -0.2) is 74.3 Å². The third-order valence-corrected chi connectivity index (χ3v) is 11.4. The third kappa shape index (κ3) is 9.21. The van der Waals surface area contributed by atoms with Crippen LogP contribution in [0, 0.1) is 0 Å². The molecule has 0 radical (unpaired) electrons. The fourth-order valence-corrected chi connectivity index (χ4v) is 8.24. The first-order valence-corrected chi connectivity index (χ1v) is 21.4. The van der Waals surface area contributed by atoms with Gasteiger partial charge in [-0.1, -0.05) is 105 Å². The minimum atomic E-state index is -0.914. The van der Waals surface area contributed by atoms with Gasteiger partial charge in [-0.15, -0.1) is 0 Å². The zero-order valence-corrected chi connectivity index (χ0v) is 36.0. The Bertz CT molecular complexity index is 2770. The van der Waals surface area contributed by atoms with E-state index in [1.54, 1.807) is 34.3 Å². The zero-order chi connectivity index (χ0) is 44.6. The molecule has 3 heterocycles. The minimum Gasteiger partial charge on any atom is -0.488 e. The van der Waals surface area contributed by atoms with E-state index in [4.69, 9.17) is 9.47 Å². The summed E-state index contributed by atoms with van der Waals surface area (Å²) in [5.41, 5.74) is 8.01. The Hall–Kier alpha value is -7.74. The number of carbonyl (C=O) groups excluding carboxylic acids is 4. The first-order valence-electron chi connectivity index (χ1n) is 21.4. The van der Waals surface area contributed by atoms with E-state index in [1.807, 2.05) is 68.4 Å². The molecule has 0 saturated carbocycles. The van der Waals surface area contributed by atoms with Crippen molar-refractivity contribution in [3.63, 3.8) is 0 Å². The first kappa shape index (κ1) is 42.9. The number of H-pyrrole nitrogens is 2. The molecule has 2 unspecified atom stereocenters. The lowest BCUT2D eigenvalue weighted by Gasteiger charge is -2.27. The predicted octanol–water partition coefficient (Wildman–Crippen LogP) is 8.24. The molecule has 14 nitrogen and oxygen atoms in total. The lowest BCUT2D eigenvalue weighted by atomic mass is 9.92. The summed E-state index contributed by atoms with van der Waals surface area (Å²) < 4.78 is 11.3. The molecule has 4 amide bonds. The third-order valence-electron chi connectivity index (χ3n) is 11.4. The van der Waals surface area contributed by atoms with Crippen molar-refractivity contribution in [3.05, 3.63) is 150 Å². The van der Waals surface area contributed by atoms with Crippen LogP contribution in [0.25, 0.3) is 44.4 Å². The van der Waals surface area contributed by atoms with Crippen molar-refractivity contribution < 1.29 is 28.7 Å². The van der Waals surface area contributed by atoms with Gasteiger partial charge in [-0.3, -0.25) is 14.4 Å². The van der Waals surface area contributed by atoms with Crippen LogP contribution in [0.1, 0.15) is 67.1 Å². The van der Waals surface area contributed by atoms with Gasteiger partial charge in [-0.2, -0.15) is 0 Å². The Morgan fingerprint density at radius 1 is 0.734 bits per heavy atom. The van der Waals surface area contributed by atoms with Crippen LogP contribution < -0.4 is 15.4 Å². The van der Waals surface area contributed by atoms with E-state index >= 15 is 0 Å². The number of fused-ring (bicyclic) bond motifs is 5. The molecular weight excluding hydrogens is 809 g/mol. The van der Waals surface area contributed by atoms with Crippen molar-refractivity contribution >= 4 is 35.1 Å². The van der Waals surface area contributed by atoms with Crippen LogP contribution in [0.15, 0.2) is 122 Å². The number of benzene rings is 5. The van der Waals surface area contributed by atoms with Crippen molar-refractivity contribution in [2.45, 2.75) is 58.5 Å². The second kappa shape index (κ2) is 19.5. The average Bonchev–Trinajstić information content (AvgIpc) is 4.02. The molecule has 4 N–H and O–H groups in total. The summed E-state index contributed by atoms with van der Waals surface area (Å²) in [5.74, 6) is 1.62. The van der Waals surface area contributed by atoms with E-state index in [0.29, 0.717) is 48.9 Å². The molecule has 0 saturated heterocycles. The van der Waals surface area contributed by atoms with E-state index < -0.39 is 18.2 Å². The number of rotatable bonds is 17. The van der Waals surface area contributed by atoms with E-state index in [0.717, 1.165) is 68.6 Å².